The summed E-state index contributed by atoms with van der Waals surface area (Å²) in [5.74, 6) is 0. The largest absolute Gasteiger partial charge is 0.318 e. The first kappa shape index (κ1) is 13.6. The summed E-state index contributed by atoms with van der Waals surface area (Å²) in [6, 6.07) is 16.7. The van der Waals surface area contributed by atoms with E-state index in [4.69, 9.17) is 0 Å². The van der Waals surface area contributed by atoms with Crippen LogP contribution in [0.15, 0.2) is 64.4 Å². The number of carbonyl (C=O) groups is 1. The third kappa shape index (κ3) is 3.20. The molecule has 0 fully saturated rings. The van der Waals surface area contributed by atoms with Crippen molar-refractivity contribution >= 4 is 27.9 Å². The third-order valence-electron chi connectivity index (χ3n) is 2.97. The van der Waals surface area contributed by atoms with Gasteiger partial charge in [0.05, 0.1) is 11.0 Å². The quantitative estimate of drug-likeness (QED) is 0.755. The number of aromatic nitrogens is 2. The summed E-state index contributed by atoms with van der Waals surface area (Å²) < 4.78 is 0. The fourth-order valence-corrected chi connectivity index (χ4v) is 2.73. The number of hydrogen-bond donors (Lipinski definition) is 1. The predicted molar refractivity (Wildman–Crippen MR) is 83.4 cm³/mol. The molecule has 3 aromatic rings. The summed E-state index contributed by atoms with van der Waals surface area (Å²) in [5.41, 5.74) is 1.93. The molecule has 3 rings (SSSR count). The van der Waals surface area contributed by atoms with Gasteiger partial charge in [0.2, 0.25) is 0 Å². The van der Waals surface area contributed by atoms with E-state index >= 15 is 0 Å². The molecular formula is C16H12N2O2S. The molecule has 5 heteroatoms. The predicted octanol–water partition coefficient (Wildman–Crippen LogP) is 2.78. The summed E-state index contributed by atoms with van der Waals surface area (Å²) in [7, 11) is 0. The van der Waals surface area contributed by atoms with Crippen LogP contribution < -0.4 is 5.56 Å². The van der Waals surface area contributed by atoms with Gasteiger partial charge in [-0.1, -0.05) is 42.5 Å². The Kier molecular flexibility index (Phi) is 3.83. The van der Waals surface area contributed by atoms with Crippen LogP contribution >= 0.6 is 11.8 Å². The van der Waals surface area contributed by atoms with E-state index in [1.54, 1.807) is 12.1 Å². The molecule has 1 aromatic heterocycles. The van der Waals surface area contributed by atoms with Crippen LogP contribution in [0.1, 0.15) is 5.56 Å². The molecule has 0 saturated heterocycles. The lowest BCUT2D eigenvalue weighted by Gasteiger charge is -2.02. The minimum Gasteiger partial charge on any atom is -0.318 e. The van der Waals surface area contributed by atoms with Gasteiger partial charge in [-0.15, -0.1) is 0 Å². The highest BCUT2D eigenvalue weighted by molar-refractivity contribution is 8.13. The van der Waals surface area contributed by atoms with Gasteiger partial charge in [0.1, 0.15) is 0 Å². The van der Waals surface area contributed by atoms with Crippen LogP contribution in [-0.2, 0) is 11.2 Å². The van der Waals surface area contributed by atoms with Crippen molar-refractivity contribution in [1.29, 1.82) is 0 Å². The SMILES string of the molecule is O=C(Cc1ccccc1)Sc1nc2ccccc2[nH]c1=O. The minimum atomic E-state index is -0.333. The Bertz CT molecular complexity index is 844. The van der Waals surface area contributed by atoms with Crippen LogP contribution in [0.25, 0.3) is 11.0 Å². The maximum Gasteiger partial charge on any atom is 0.281 e. The number of benzene rings is 2. The molecule has 21 heavy (non-hydrogen) atoms. The maximum absolute atomic E-state index is 12.0. The van der Waals surface area contributed by atoms with Crippen LogP contribution in [0.4, 0.5) is 0 Å². The molecule has 0 saturated carbocycles. The number of fused-ring (bicyclic) bond motifs is 1. The van der Waals surface area contributed by atoms with Gasteiger partial charge >= 0.3 is 0 Å². The maximum atomic E-state index is 12.0. The van der Waals surface area contributed by atoms with Gasteiger partial charge in [-0.3, -0.25) is 9.59 Å². The van der Waals surface area contributed by atoms with Gasteiger partial charge in [0.15, 0.2) is 10.1 Å². The van der Waals surface area contributed by atoms with Crippen molar-refractivity contribution in [1.82, 2.24) is 9.97 Å². The van der Waals surface area contributed by atoms with Crippen molar-refractivity contribution in [2.75, 3.05) is 0 Å². The molecule has 2 aromatic carbocycles. The van der Waals surface area contributed by atoms with Crippen molar-refractivity contribution in [3.8, 4) is 0 Å². The van der Waals surface area contributed by atoms with Gasteiger partial charge in [0.25, 0.3) is 5.56 Å². The highest BCUT2D eigenvalue weighted by atomic mass is 32.2. The number of nitrogens with one attached hydrogen (secondary N) is 1. The standard InChI is InChI=1S/C16H12N2O2S/c19-14(10-11-6-2-1-3-7-11)21-16-15(20)17-12-8-4-5-9-13(12)18-16/h1-9H,10H2,(H,17,20). The number of hydrogen-bond acceptors (Lipinski definition) is 4. The number of nitrogens with zero attached hydrogens (tertiary/aromatic N) is 1. The number of H-pyrrole nitrogens is 1. The molecule has 4 nitrogen and oxygen atoms in total. The lowest BCUT2D eigenvalue weighted by molar-refractivity contribution is -0.110. The van der Waals surface area contributed by atoms with Crippen LogP contribution in [-0.4, -0.2) is 15.1 Å². The van der Waals surface area contributed by atoms with E-state index in [9.17, 15) is 9.59 Å². The van der Waals surface area contributed by atoms with Crippen LogP contribution in [0.5, 0.6) is 0 Å². The second-order valence-electron chi connectivity index (χ2n) is 4.52. The zero-order valence-corrected chi connectivity index (χ0v) is 11.9. The van der Waals surface area contributed by atoms with Crippen molar-refractivity contribution in [2.45, 2.75) is 11.4 Å². The molecule has 0 bridgehead atoms. The normalized spacial score (nSPS) is 10.7. The van der Waals surface area contributed by atoms with Crippen molar-refractivity contribution in [3.05, 3.63) is 70.5 Å². The fraction of sp³-hybridized carbons (Fsp3) is 0.0625. The summed E-state index contributed by atoms with van der Waals surface area (Å²) in [5, 5.41) is 0.0871. The van der Waals surface area contributed by atoms with Gasteiger partial charge in [-0.05, 0) is 29.5 Å². The first-order valence-electron chi connectivity index (χ1n) is 6.46. The van der Waals surface area contributed by atoms with Crippen LogP contribution in [0.3, 0.4) is 0 Å². The first-order valence-corrected chi connectivity index (χ1v) is 7.28. The van der Waals surface area contributed by atoms with Gasteiger partial charge < -0.3 is 4.98 Å². The molecule has 0 radical (unpaired) electrons. The molecular weight excluding hydrogens is 284 g/mol. The summed E-state index contributed by atoms with van der Waals surface area (Å²) in [4.78, 5) is 31.0. The highest BCUT2D eigenvalue weighted by Crippen LogP contribution is 2.17. The van der Waals surface area contributed by atoms with Crippen LogP contribution in [0, 0.1) is 0 Å². The number of rotatable bonds is 3. The van der Waals surface area contributed by atoms with E-state index in [2.05, 4.69) is 9.97 Å². The van der Waals surface area contributed by atoms with Crippen molar-refractivity contribution in [3.63, 3.8) is 0 Å². The second-order valence-corrected chi connectivity index (χ2v) is 5.57. The number of thioether (sulfide) groups is 1. The second kappa shape index (κ2) is 5.93. The molecule has 0 aliphatic heterocycles. The Hall–Kier alpha value is -2.40. The van der Waals surface area contributed by atoms with E-state index in [1.165, 1.54) is 0 Å². The molecule has 0 aliphatic rings. The Labute approximate surface area is 125 Å². The van der Waals surface area contributed by atoms with E-state index in [0.29, 0.717) is 11.0 Å². The smallest absolute Gasteiger partial charge is 0.281 e. The number of carbonyl (C=O) groups excluding carboxylic acids is 1. The summed E-state index contributed by atoms with van der Waals surface area (Å²) in [6.45, 7) is 0. The first-order chi connectivity index (χ1) is 10.2. The topological polar surface area (TPSA) is 62.8 Å². The lowest BCUT2D eigenvalue weighted by atomic mass is 10.2. The Balaban J connectivity index is 1.83. The molecule has 0 amide bonds. The molecule has 0 atom stereocenters. The van der Waals surface area contributed by atoms with E-state index in [-0.39, 0.29) is 22.1 Å². The van der Waals surface area contributed by atoms with Crippen molar-refractivity contribution in [2.24, 2.45) is 0 Å². The summed E-state index contributed by atoms with van der Waals surface area (Å²) in [6.07, 6.45) is 0.277. The Morgan fingerprint density at radius 1 is 1.05 bits per heavy atom. The zero-order chi connectivity index (χ0) is 14.7. The average Bonchev–Trinajstić information content (AvgIpc) is 2.49. The van der Waals surface area contributed by atoms with Crippen LogP contribution in [0.2, 0.25) is 0 Å². The van der Waals surface area contributed by atoms with Gasteiger partial charge in [0, 0.05) is 6.42 Å². The molecule has 0 spiro atoms. The Morgan fingerprint density at radius 3 is 2.57 bits per heavy atom. The molecule has 104 valence electrons. The summed E-state index contributed by atoms with van der Waals surface area (Å²) >= 11 is 0.886. The van der Waals surface area contributed by atoms with E-state index in [0.717, 1.165) is 17.3 Å². The third-order valence-corrected chi connectivity index (χ3v) is 3.81. The average molecular weight is 296 g/mol. The lowest BCUT2D eigenvalue weighted by Crippen LogP contribution is -2.12. The molecule has 1 heterocycles. The van der Waals surface area contributed by atoms with E-state index < -0.39 is 0 Å². The zero-order valence-electron chi connectivity index (χ0n) is 11.1. The number of aromatic amines is 1. The molecule has 0 aliphatic carbocycles. The van der Waals surface area contributed by atoms with Crippen molar-refractivity contribution < 1.29 is 4.79 Å². The molecule has 0 unspecified atom stereocenters. The number of para-hydroxylation sites is 2. The van der Waals surface area contributed by atoms with Gasteiger partial charge in [-0.2, -0.15) is 0 Å². The fourth-order valence-electron chi connectivity index (χ4n) is 1.99. The van der Waals surface area contributed by atoms with E-state index in [1.807, 2.05) is 42.5 Å². The monoisotopic (exact) mass is 296 g/mol. The molecule has 1 N–H and O–H groups in total. The Morgan fingerprint density at radius 2 is 1.76 bits per heavy atom. The van der Waals surface area contributed by atoms with Gasteiger partial charge in [-0.25, -0.2) is 4.98 Å². The highest BCUT2D eigenvalue weighted by Gasteiger charge is 2.11. The minimum absolute atomic E-state index is 0.102.